The van der Waals surface area contributed by atoms with Crippen LogP contribution in [0.25, 0.3) is 0 Å². The fraction of sp³-hybridized carbons (Fsp3) is 0.571. The Morgan fingerprint density at radius 2 is 2.16 bits per heavy atom. The normalized spacial score (nSPS) is 11.1. The molecule has 2 aromatic rings. The zero-order chi connectivity index (χ0) is 13.7. The number of aromatic nitrogens is 4. The van der Waals surface area contributed by atoms with Crippen LogP contribution < -0.4 is 5.32 Å². The molecule has 104 valence electrons. The van der Waals surface area contributed by atoms with Crippen molar-refractivity contribution in [3.8, 4) is 0 Å². The van der Waals surface area contributed by atoms with E-state index in [0.717, 1.165) is 32.5 Å². The Kier molecular flexibility index (Phi) is 4.74. The first kappa shape index (κ1) is 13.8. The van der Waals surface area contributed by atoms with Crippen molar-refractivity contribution >= 4 is 0 Å². The molecule has 2 rings (SSSR count). The zero-order valence-corrected chi connectivity index (χ0v) is 12.1. The average molecular weight is 261 g/mol. The highest BCUT2D eigenvalue weighted by Crippen LogP contribution is 2.11. The summed E-state index contributed by atoms with van der Waals surface area (Å²) in [5.74, 6) is 0. The average Bonchev–Trinajstić information content (AvgIpc) is 2.97. The van der Waals surface area contributed by atoms with Crippen molar-refractivity contribution in [2.45, 2.75) is 39.8 Å². The molecule has 0 radical (unpaired) electrons. The van der Waals surface area contributed by atoms with Crippen LogP contribution >= 0.6 is 0 Å². The summed E-state index contributed by atoms with van der Waals surface area (Å²) in [5, 5.41) is 7.90. The van der Waals surface area contributed by atoms with E-state index < -0.39 is 0 Å². The van der Waals surface area contributed by atoms with Gasteiger partial charge in [0.2, 0.25) is 0 Å². The van der Waals surface area contributed by atoms with Crippen molar-refractivity contribution < 1.29 is 0 Å². The Balaban J connectivity index is 2.08. The van der Waals surface area contributed by atoms with Gasteiger partial charge in [-0.2, -0.15) is 5.10 Å². The van der Waals surface area contributed by atoms with Crippen LogP contribution in [0.15, 0.2) is 18.7 Å². The van der Waals surface area contributed by atoms with Crippen molar-refractivity contribution in [1.29, 1.82) is 0 Å². The number of nitrogens with one attached hydrogen (secondary N) is 1. The molecule has 0 atom stereocenters. The molecule has 19 heavy (non-hydrogen) atoms. The van der Waals surface area contributed by atoms with Gasteiger partial charge in [-0.05, 0) is 19.4 Å². The van der Waals surface area contributed by atoms with Crippen molar-refractivity contribution in [2.24, 2.45) is 7.05 Å². The van der Waals surface area contributed by atoms with Gasteiger partial charge in [-0.3, -0.25) is 4.68 Å². The first-order valence-corrected chi connectivity index (χ1v) is 6.95. The standard InChI is InChI=1S/C14H23N5/c1-4-6-15-7-13-8-16-11-19(13)10-12-9-18(3)17-14(12)5-2/h8-9,11,15H,4-7,10H2,1-3H3. The van der Waals surface area contributed by atoms with E-state index in [9.17, 15) is 0 Å². The number of nitrogens with zero attached hydrogens (tertiary/aromatic N) is 4. The summed E-state index contributed by atoms with van der Waals surface area (Å²) in [6, 6.07) is 0. The summed E-state index contributed by atoms with van der Waals surface area (Å²) in [4.78, 5) is 4.26. The molecule has 0 saturated heterocycles. The van der Waals surface area contributed by atoms with Gasteiger partial charge in [-0.1, -0.05) is 13.8 Å². The smallest absolute Gasteiger partial charge is 0.0951 e. The summed E-state index contributed by atoms with van der Waals surface area (Å²) in [7, 11) is 1.97. The van der Waals surface area contributed by atoms with Crippen LogP contribution in [-0.2, 0) is 26.6 Å². The minimum absolute atomic E-state index is 0.847. The predicted molar refractivity (Wildman–Crippen MR) is 75.9 cm³/mol. The molecule has 5 nitrogen and oxygen atoms in total. The monoisotopic (exact) mass is 261 g/mol. The quantitative estimate of drug-likeness (QED) is 0.772. The summed E-state index contributed by atoms with van der Waals surface area (Å²) in [5.41, 5.74) is 3.67. The molecule has 2 aromatic heterocycles. The summed E-state index contributed by atoms with van der Waals surface area (Å²) >= 11 is 0. The molecule has 0 aliphatic rings. The topological polar surface area (TPSA) is 47.7 Å². The first-order chi connectivity index (χ1) is 9.24. The first-order valence-electron chi connectivity index (χ1n) is 6.95. The van der Waals surface area contributed by atoms with Crippen molar-refractivity contribution in [3.63, 3.8) is 0 Å². The van der Waals surface area contributed by atoms with Gasteiger partial charge in [0.1, 0.15) is 0 Å². The van der Waals surface area contributed by atoms with E-state index in [2.05, 4.69) is 40.0 Å². The molecule has 0 saturated carbocycles. The molecular formula is C14H23N5. The molecule has 0 aromatic carbocycles. The number of aryl methyl sites for hydroxylation is 2. The lowest BCUT2D eigenvalue weighted by Gasteiger charge is -2.08. The Bertz CT molecular complexity index is 512. The Hall–Kier alpha value is -1.62. The largest absolute Gasteiger partial charge is 0.329 e. The minimum atomic E-state index is 0.847. The minimum Gasteiger partial charge on any atom is -0.329 e. The number of imidazole rings is 1. The lowest BCUT2D eigenvalue weighted by Crippen LogP contribution is -2.17. The summed E-state index contributed by atoms with van der Waals surface area (Å²) in [6.07, 6.45) is 8.05. The van der Waals surface area contributed by atoms with Gasteiger partial charge in [-0.25, -0.2) is 4.98 Å². The van der Waals surface area contributed by atoms with Gasteiger partial charge in [-0.15, -0.1) is 0 Å². The Morgan fingerprint density at radius 1 is 1.32 bits per heavy atom. The molecule has 0 aliphatic heterocycles. The predicted octanol–water partition coefficient (Wildman–Crippen LogP) is 1.73. The molecule has 1 N–H and O–H groups in total. The molecule has 0 bridgehead atoms. The van der Waals surface area contributed by atoms with E-state index in [0.29, 0.717) is 0 Å². The van der Waals surface area contributed by atoms with Crippen LogP contribution in [0.4, 0.5) is 0 Å². The second kappa shape index (κ2) is 6.52. The Labute approximate surface area is 114 Å². The molecule has 0 aliphatic carbocycles. The van der Waals surface area contributed by atoms with Gasteiger partial charge in [0.15, 0.2) is 0 Å². The second-order valence-corrected chi connectivity index (χ2v) is 4.82. The van der Waals surface area contributed by atoms with Gasteiger partial charge in [0.25, 0.3) is 0 Å². The van der Waals surface area contributed by atoms with Crippen molar-refractivity contribution in [2.75, 3.05) is 6.54 Å². The van der Waals surface area contributed by atoms with Crippen LogP contribution in [0.5, 0.6) is 0 Å². The highest BCUT2D eigenvalue weighted by atomic mass is 15.3. The lowest BCUT2D eigenvalue weighted by atomic mass is 10.2. The molecule has 0 unspecified atom stereocenters. The van der Waals surface area contributed by atoms with Crippen molar-refractivity contribution in [1.82, 2.24) is 24.6 Å². The highest BCUT2D eigenvalue weighted by Gasteiger charge is 2.08. The maximum absolute atomic E-state index is 4.48. The number of hydrogen-bond donors (Lipinski definition) is 1. The fourth-order valence-electron chi connectivity index (χ4n) is 2.23. The summed E-state index contributed by atoms with van der Waals surface area (Å²) < 4.78 is 4.08. The van der Waals surface area contributed by atoms with Gasteiger partial charge < -0.3 is 9.88 Å². The van der Waals surface area contributed by atoms with E-state index in [-0.39, 0.29) is 0 Å². The maximum Gasteiger partial charge on any atom is 0.0951 e. The van der Waals surface area contributed by atoms with E-state index in [1.54, 1.807) is 0 Å². The van der Waals surface area contributed by atoms with Crippen LogP contribution in [0, 0.1) is 0 Å². The summed E-state index contributed by atoms with van der Waals surface area (Å²) in [6.45, 7) is 7.07. The molecule has 0 fully saturated rings. The molecular weight excluding hydrogens is 238 g/mol. The molecule has 2 heterocycles. The van der Waals surface area contributed by atoms with E-state index in [1.807, 2.05) is 24.3 Å². The zero-order valence-electron chi connectivity index (χ0n) is 12.1. The SMILES string of the molecule is CCCNCc1cncn1Cc1cn(C)nc1CC. The van der Waals surface area contributed by atoms with E-state index in [1.165, 1.54) is 17.0 Å². The van der Waals surface area contributed by atoms with E-state index in [4.69, 9.17) is 0 Å². The van der Waals surface area contributed by atoms with Crippen molar-refractivity contribution in [3.05, 3.63) is 35.7 Å². The molecule has 0 spiro atoms. The van der Waals surface area contributed by atoms with Gasteiger partial charge >= 0.3 is 0 Å². The second-order valence-electron chi connectivity index (χ2n) is 4.82. The van der Waals surface area contributed by atoms with E-state index >= 15 is 0 Å². The van der Waals surface area contributed by atoms with Crippen LogP contribution in [0.3, 0.4) is 0 Å². The molecule has 5 heteroatoms. The highest BCUT2D eigenvalue weighted by molar-refractivity contribution is 5.18. The van der Waals surface area contributed by atoms with Crippen LogP contribution in [-0.4, -0.2) is 25.9 Å². The van der Waals surface area contributed by atoms with Gasteiger partial charge in [0, 0.05) is 31.5 Å². The fourth-order valence-corrected chi connectivity index (χ4v) is 2.23. The third-order valence-corrected chi connectivity index (χ3v) is 3.20. The van der Waals surface area contributed by atoms with Crippen LogP contribution in [0.1, 0.15) is 37.2 Å². The maximum atomic E-state index is 4.48. The lowest BCUT2D eigenvalue weighted by molar-refractivity contribution is 0.629. The number of hydrogen-bond acceptors (Lipinski definition) is 3. The number of rotatable bonds is 7. The molecule has 0 amide bonds. The van der Waals surface area contributed by atoms with Gasteiger partial charge in [0.05, 0.1) is 24.3 Å². The Morgan fingerprint density at radius 3 is 2.89 bits per heavy atom. The third kappa shape index (κ3) is 3.44. The van der Waals surface area contributed by atoms with Crippen LogP contribution in [0.2, 0.25) is 0 Å². The third-order valence-electron chi connectivity index (χ3n) is 3.20.